The lowest BCUT2D eigenvalue weighted by Gasteiger charge is -2.17. The SMILES string of the molecule is COc1ccc(COC(=O)n2ccnc2[C@@H](C)c2cccc(C)c2C)cc1. The Kier molecular flexibility index (Phi) is 5.60. The number of carbonyl (C=O) groups excluding carboxylic acids is 1. The van der Waals surface area contributed by atoms with E-state index in [2.05, 4.69) is 37.9 Å². The smallest absolute Gasteiger partial charge is 0.419 e. The molecule has 0 aliphatic rings. The van der Waals surface area contributed by atoms with Gasteiger partial charge in [-0.2, -0.15) is 0 Å². The van der Waals surface area contributed by atoms with Crippen molar-refractivity contribution in [3.63, 3.8) is 0 Å². The topological polar surface area (TPSA) is 53.4 Å². The van der Waals surface area contributed by atoms with E-state index in [1.165, 1.54) is 15.7 Å². The molecular formula is C22H24N2O3. The van der Waals surface area contributed by atoms with E-state index in [0.29, 0.717) is 5.82 Å². The predicted molar refractivity (Wildman–Crippen MR) is 104 cm³/mol. The number of benzene rings is 2. The maximum absolute atomic E-state index is 12.6. The van der Waals surface area contributed by atoms with Crippen LogP contribution in [0.5, 0.6) is 5.75 Å². The van der Waals surface area contributed by atoms with Gasteiger partial charge in [-0.25, -0.2) is 14.3 Å². The first-order valence-corrected chi connectivity index (χ1v) is 8.90. The van der Waals surface area contributed by atoms with Crippen molar-refractivity contribution in [3.8, 4) is 5.75 Å². The number of nitrogens with zero attached hydrogens (tertiary/aromatic N) is 2. The summed E-state index contributed by atoms with van der Waals surface area (Å²) < 4.78 is 12.1. The fourth-order valence-corrected chi connectivity index (χ4v) is 3.11. The highest BCUT2D eigenvalue weighted by atomic mass is 16.5. The van der Waals surface area contributed by atoms with Crippen LogP contribution in [0.15, 0.2) is 54.9 Å². The number of imidazole rings is 1. The summed E-state index contributed by atoms with van der Waals surface area (Å²) in [7, 11) is 1.62. The van der Waals surface area contributed by atoms with Crippen LogP contribution < -0.4 is 4.74 Å². The van der Waals surface area contributed by atoms with Gasteiger partial charge in [0.15, 0.2) is 0 Å². The van der Waals surface area contributed by atoms with Crippen LogP contribution in [0.25, 0.3) is 0 Å². The van der Waals surface area contributed by atoms with Crippen molar-refractivity contribution in [1.29, 1.82) is 0 Å². The molecule has 5 nitrogen and oxygen atoms in total. The fourth-order valence-electron chi connectivity index (χ4n) is 3.11. The zero-order valence-electron chi connectivity index (χ0n) is 16.1. The van der Waals surface area contributed by atoms with Crippen LogP contribution in [0.1, 0.15) is 40.9 Å². The van der Waals surface area contributed by atoms with Crippen LogP contribution in [-0.2, 0) is 11.3 Å². The lowest BCUT2D eigenvalue weighted by Crippen LogP contribution is -2.18. The summed E-state index contributed by atoms with van der Waals surface area (Å²) in [4.78, 5) is 17.0. The quantitative estimate of drug-likeness (QED) is 0.650. The number of ether oxygens (including phenoxy) is 2. The van der Waals surface area contributed by atoms with Gasteiger partial charge in [-0.15, -0.1) is 0 Å². The molecule has 5 heteroatoms. The molecule has 27 heavy (non-hydrogen) atoms. The van der Waals surface area contributed by atoms with E-state index in [4.69, 9.17) is 9.47 Å². The molecule has 0 spiro atoms. The molecule has 0 unspecified atom stereocenters. The maximum Gasteiger partial charge on any atom is 0.419 e. The van der Waals surface area contributed by atoms with Gasteiger partial charge < -0.3 is 9.47 Å². The van der Waals surface area contributed by atoms with Gasteiger partial charge in [-0.05, 0) is 48.2 Å². The molecule has 0 saturated carbocycles. The Hall–Kier alpha value is -3.08. The Balaban J connectivity index is 1.75. The Labute approximate surface area is 159 Å². The average molecular weight is 364 g/mol. The number of hydrogen-bond acceptors (Lipinski definition) is 4. The minimum Gasteiger partial charge on any atom is -0.497 e. The molecule has 0 fully saturated rings. The maximum atomic E-state index is 12.6. The highest BCUT2D eigenvalue weighted by molar-refractivity contribution is 5.71. The largest absolute Gasteiger partial charge is 0.497 e. The van der Waals surface area contributed by atoms with Crippen molar-refractivity contribution in [2.75, 3.05) is 7.11 Å². The molecule has 1 aromatic heterocycles. The van der Waals surface area contributed by atoms with Crippen molar-refractivity contribution in [1.82, 2.24) is 9.55 Å². The van der Waals surface area contributed by atoms with Crippen molar-refractivity contribution >= 4 is 6.09 Å². The first kappa shape index (κ1) is 18.7. The average Bonchev–Trinajstić information content (AvgIpc) is 3.18. The van der Waals surface area contributed by atoms with Crippen molar-refractivity contribution in [2.24, 2.45) is 0 Å². The van der Waals surface area contributed by atoms with E-state index in [0.717, 1.165) is 16.9 Å². The van der Waals surface area contributed by atoms with Gasteiger partial charge in [0.1, 0.15) is 18.2 Å². The minimum atomic E-state index is -0.435. The standard InChI is InChI=1S/C22H24N2O3/c1-15-6-5-7-20(16(15)2)17(3)21-23-12-13-24(21)22(25)27-14-18-8-10-19(26-4)11-9-18/h5-13,17H,14H2,1-4H3/t17-/m0/s1. The lowest BCUT2D eigenvalue weighted by molar-refractivity contribution is 0.140. The molecule has 2 aromatic carbocycles. The summed E-state index contributed by atoms with van der Waals surface area (Å²) in [5.74, 6) is 1.42. The van der Waals surface area contributed by atoms with Gasteiger partial charge >= 0.3 is 6.09 Å². The second-order valence-electron chi connectivity index (χ2n) is 6.57. The van der Waals surface area contributed by atoms with Gasteiger partial charge in [0.25, 0.3) is 0 Å². The van der Waals surface area contributed by atoms with Crippen LogP contribution in [0.4, 0.5) is 4.79 Å². The zero-order chi connectivity index (χ0) is 19.4. The first-order chi connectivity index (χ1) is 13.0. The Morgan fingerprint density at radius 3 is 2.59 bits per heavy atom. The molecule has 140 valence electrons. The third-order valence-corrected chi connectivity index (χ3v) is 4.89. The molecule has 1 atom stereocenters. The summed E-state index contributed by atoms with van der Waals surface area (Å²) in [6.07, 6.45) is 2.84. The number of carbonyl (C=O) groups is 1. The van der Waals surface area contributed by atoms with Gasteiger partial charge in [-0.1, -0.05) is 37.3 Å². The second-order valence-corrected chi connectivity index (χ2v) is 6.57. The third-order valence-electron chi connectivity index (χ3n) is 4.89. The summed E-state index contributed by atoms with van der Waals surface area (Å²) in [5, 5.41) is 0. The summed E-state index contributed by atoms with van der Waals surface area (Å²) in [6, 6.07) is 13.6. The van der Waals surface area contributed by atoms with Crippen molar-refractivity contribution in [3.05, 3.63) is 82.9 Å². The lowest BCUT2D eigenvalue weighted by atomic mass is 9.93. The third kappa shape index (κ3) is 4.03. The number of methoxy groups -OCH3 is 1. The molecule has 0 aliphatic carbocycles. The second kappa shape index (κ2) is 8.08. The summed E-state index contributed by atoms with van der Waals surface area (Å²) >= 11 is 0. The monoisotopic (exact) mass is 364 g/mol. The zero-order valence-corrected chi connectivity index (χ0v) is 16.1. The normalized spacial score (nSPS) is 11.9. The van der Waals surface area contributed by atoms with E-state index >= 15 is 0 Å². The highest BCUT2D eigenvalue weighted by Crippen LogP contribution is 2.27. The molecule has 0 amide bonds. The van der Waals surface area contributed by atoms with Crippen molar-refractivity contribution < 1.29 is 14.3 Å². The Bertz CT molecular complexity index is 929. The van der Waals surface area contributed by atoms with Crippen LogP contribution in [0.3, 0.4) is 0 Å². The molecule has 0 bridgehead atoms. The van der Waals surface area contributed by atoms with Gasteiger partial charge in [-0.3, -0.25) is 0 Å². The first-order valence-electron chi connectivity index (χ1n) is 8.90. The Morgan fingerprint density at radius 2 is 1.89 bits per heavy atom. The molecule has 0 radical (unpaired) electrons. The van der Waals surface area contributed by atoms with Crippen LogP contribution in [0, 0.1) is 13.8 Å². The van der Waals surface area contributed by atoms with E-state index in [9.17, 15) is 4.79 Å². The van der Waals surface area contributed by atoms with E-state index < -0.39 is 6.09 Å². The molecule has 0 aliphatic heterocycles. The molecular weight excluding hydrogens is 340 g/mol. The van der Waals surface area contributed by atoms with Gasteiger partial charge in [0.05, 0.1) is 7.11 Å². The fraction of sp³-hybridized carbons (Fsp3) is 0.273. The molecule has 3 rings (SSSR count). The molecule has 0 N–H and O–H groups in total. The van der Waals surface area contributed by atoms with Crippen molar-refractivity contribution in [2.45, 2.75) is 33.3 Å². The van der Waals surface area contributed by atoms with E-state index in [-0.39, 0.29) is 12.5 Å². The highest BCUT2D eigenvalue weighted by Gasteiger charge is 2.20. The van der Waals surface area contributed by atoms with E-state index in [1.807, 2.05) is 30.3 Å². The number of aromatic nitrogens is 2. The predicted octanol–water partition coefficient (Wildman–Crippen LogP) is 4.85. The number of rotatable bonds is 5. The molecule has 0 saturated heterocycles. The van der Waals surface area contributed by atoms with Gasteiger partial charge in [0.2, 0.25) is 0 Å². The summed E-state index contributed by atoms with van der Waals surface area (Å²) in [6.45, 7) is 6.42. The number of aryl methyl sites for hydroxylation is 1. The van der Waals surface area contributed by atoms with E-state index in [1.54, 1.807) is 19.5 Å². The minimum absolute atomic E-state index is 0.0200. The molecule has 3 aromatic rings. The number of hydrogen-bond donors (Lipinski definition) is 0. The van der Waals surface area contributed by atoms with Crippen LogP contribution >= 0.6 is 0 Å². The Morgan fingerprint density at radius 1 is 1.15 bits per heavy atom. The molecule has 1 heterocycles. The van der Waals surface area contributed by atoms with Crippen LogP contribution in [0.2, 0.25) is 0 Å². The van der Waals surface area contributed by atoms with Gasteiger partial charge in [0, 0.05) is 18.3 Å². The van der Waals surface area contributed by atoms with Crippen LogP contribution in [-0.4, -0.2) is 22.8 Å². The summed E-state index contributed by atoms with van der Waals surface area (Å²) in [5.41, 5.74) is 4.49.